The van der Waals surface area contributed by atoms with E-state index >= 15 is 0 Å². The van der Waals surface area contributed by atoms with Gasteiger partial charge in [-0.05, 0) is 30.5 Å². The fourth-order valence-corrected chi connectivity index (χ4v) is 2.88. The molecule has 16 heavy (non-hydrogen) atoms. The van der Waals surface area contributed by atoms with Gasteiger partial charge in [-0.15, -0.1) is 11.3 Å². The summed E-state index contributed by atoms with van der Waals surface area (Å²) in [6, 6.07) is 6.72. The normalized spacial score (nSPS) is 12.9. The highest BCUT2D eigenvalue weighted by Crippen LogP contribution is 2.32. The molecule has 1 aromatic heterocycles. The molecule has 1 heterocycles. The summed E-state index contributed by atoms with van der Waals surface area (Å²) in [7, 11) is 0. The summed E-state index contributed by atoms with van der Waals surface area (Å²) < 4.78 is 14.0. The second-order valence-corrected chi connectivity index (χ2v) is 4.89. The minimum Gasteiger partial charge on any atom is -0.271 e. The molecule has 0 saturated carbocycles. The van der Waals surface area contributed by atoms with Gasteiger partial charge in [-0.1, -0.05) is 18.2 Å². The van der Waals surface area contributed by atoms with Gasteiger partial charge in [-0.25, -0.2) is 9.82 Å². The summed E-state index contributed by atoms with van der Waals surface area (Å²) in [6.07, 6.45) is 0. The lowest BCUT2D eigenvalue weighted by atomic mass is 10.1. The number of hydrogen-bond acceptors (Lipinski definition) is 3. The van der Waals surface area contributed by atoms with Gasteiger partial charge < -0.3 is 0 Å². The van der Waals surface area contributed by atoms with E-state index in [0.29, 0.717) is 0 Å². The van der Waals surface area contributed by atoms with Gasteiger partial charge in [0.15, 0.2) is 0 Å². The molecule has 0 spiro atoms. The summed E-state index contributed by atoms with van der Waals surface area (Å²) >= 11 is 1.53. The van der Waals surface area contributed by atoms with E-state index in [1.807, 2.05) is 13.0 Å². The average molecular weight is 236 g/mol. The van der Waals surface area contributed by atoms with E-state index in [0.717, 1.165) is 20.5 Å². The standard InChI is InChI=1S/C12H13FN2S/c1-7(2)12(15-14)11-5-8-3-4-9(13)6-10(8)16-11/h3-6,12,15H,1,14H2,2H3. The predicted molar refractivity (Wildman–Crippen MR) is 66.7 cm³/mol. The predicted octanol–water partition coefficient (Wildman–Crippen LogP) is 3.12. The second kappa shape index (κ2) is 4.33. The number of nitrogens with one attached hydrogen (secondary N) is 1. The largest absolute Gasteiger partial charge is 0.271 e. The van der Waals surface area contributed by atoms with Gasteiger partial charge >= 0.3 is 0 Å². The van der Waals surface area contributed by atoms with Crippen LogP contribution in [-0.2, 0) is 0 Å². The number of fused-ring (bicyclic) bond motifs is 1. The number of hydrazine groups is 1. The molecule has 1 unspecified atom stereocenters. The summed E-state index contributed by atoms with van der Waals surface area (Å²) in [5.41, 5.74) is 3.65. The zero-order chi connectivity index (χ0) is 11.7. The van der Waals surface area contributed by atoms with Crippen LogP contribution in [0.3, 0.4) is 0 Å². The molecule has 2 rings (SSSR count). The summed E-state index contributed by atoms with van der Waals surface area (Å²) in [4.78, 5) is 1.05. The molecule has 0 fully saturated rings. The van der Waals surface area contributed by atoms with Crippen LogP contribution in [-0.4, -0.2) is 0 Å². The molecular weight excluding hydrogens is 223 g/mol. The first-order chi connectivity index (χ1) is 7.61. The number of benzene rings is 1. The van der Waals surface area contributed by atoms with E-state index in [2.05, 4.69) is 12.0 Å². The highest BCUT2D eigenvalue weighted by atomic mass is 32.1. The van der Waals surface area contributed by atoms with Crippen LogP contribution in [0.2, 0.25) is 0 Å². The van der Waals surface area contributed by atoms with Gasteiger partial charge in [0.1, 0.15) is 5.82 Å². The van der Waals surface area contributed by atoms with E-state index in [-0.39, 0.29) is 11.9 Å². The topological polar surface area (TPSA) is 38.0 Å². The van der Waals surface area contributed by atoms with Gasteiger partial charge in [0.2, 0.25) is 0 Å². The Morgan fingerprint density at radius 1 is 1.50 bits per heavy atom. The Labute approximate surface area is 97.5 Å². The Balaban J connectivity index is 2.49. The van der Waals surface area contributed by atoms with Gasteiger partial charge in [0, 0.05) is 9.58 Å². The van der Waals surface area contributed by atoms with Crippen LogP contribution in [0.15, 0.2) is 36.4 Å². The van der Waals surface area contributed by atoms with Crippen molar-refractivity contribution in [2.45, 2.75) is 13.0 Å². The third kappa shape index (κ3) is 2.00. The average Bonchev–Trinajstić information content (AvgIpc) is 2.60. The van der Waals surface area contributed by atoms with E-state index < -0.39 is 0 Å². The van der Waals surface area contributed by atoms with Crippen LogP contribution >= 0.6 is 11.3 Å². The lowest BCUT2D eigenvalue weighted by molar-refractivity contribution is 0.630. The Morgan fingerprint density at radius 2 is 2.25 bits per heavy atom. The third-order valence-electron chi connectivity index (χ3n) is 2.45. The quantitative estimate of drug-likeness (QED) is 0.488. The zero-order valence-corrected chi connectivity index (χ0v) is 9.77. The Bertz CT molecular complexity index is 533. The molecule has 0 aliphatic carbocycles. The van der Waals surface area contributed by atoms with E-state index in [1.165, 1.54) is 23.5 Å². The van der Waals surface area contributed by atoms with Crippen molar-refractivity contribution in [2.24, 2.45) is 5.84 Å². The number of nitrogens with two attached hydrogens (primary N) is 1. The lowest BCUT2D eigenvalue weighted by Crippen LogP contribution is -2.27. The first kappa shape index (κ1) is 11.3. The van der Waals surface area contributed by atoms with Crippen LogP contribution in [0.5, 0.6) is 0 Å². The van der Waals surface area contributed by atoms with E-state index in [9.17, 15) is 4.39 Å². The highest BCUT2D eigenvalue weighted by Gasteiger charge is 2.13. The minimum atomic E-state index is -0.214. The van der Waals surface area contributed by atoms with Gasteiger partial charge in [-0.2, -0.15) is 0 Å². The van der Waals surface area contributed by atoms with Gasteiger partial charge in [0.05, 0.1) is 6.04 Å². The Morgan fingerprint density at radius 3 is 2.88 bits per heavy atom. The number of hydrogen-bond donors (Lipinski definition) is 2. The molecule has 1 atom stereocenters. The maximum absolute atomic E-state index is 13.0. The smallest absolute Gasteiger partial charge is 0.124 e. The third-order valence-corrected chi connectivity index (χ3v) is 3.61. The van der Waals surface area contributed by atoms with Crippen LogP contribution in [0.1, 0.15) is 17.8 Å². The fourth-order valence-electron chi connectivity index (χ4n) is 1.64. The maximum atomic E-state index is 13.0. The van der Waals surface area contributed by atoms with Crippen molar-refractivity contribution < 1.29 is 4.39 Å². The van der Waals surface area contributed by atoms with Crippen LogP contribution in [0, 0.1) is 5.82 Å². The highest BCUT2D eigenvalue weighted by molar-refractivity contribution is 7.19. The molecule has 0 aliphatic rings. The van der Waals surface area contributed by atoms with Crippen molar-refractivity contribution in [3.05, 3.63) is 47.1 Å². The Kier molecular flexibility index (Phi) is 3.05. The van der Waals surface area contributed by atoms with E-state index in [1.54, 1.807) is 6.07 Å². The first-order valence-electron chi connectivity index (χ1n) is 4.92. The Hall–Kier alpha value is -1.23. The van der Waals surface area contributed by atoms with Crippen LogP contribution in [0.4, 0.5) is 4.39 Å². The van der Waals surface area contributed by atoms with E-state index in [4.69, 9.17) is 5.84 Å². The van der Waals surface area contributed by atoms with Crippen LogP contribution < -0.4 is 11.3 Å². The van der Waals surface area contributed by atoms with Crippen molar-refractivity contribution >= 4 is 21.4 Å². The SMILES string of the molecule is C=C(C)C(NN)c1cc2ccc(F)cc2s1. The minimum absolute atomic E-state index is 0.0690. The van der Waals surface area contributed by atoms with Crippen molar-refractivity contribution in [1.29, 1.82) is 0 Å². The first-order valence-corrected chi connectivity index (χ1v) is 5.74. The molecule has 0 bridgehead atoms. The number of rotatable bonds is 3. The monoisotopic (exact) mass is 236 g/mol. The number of thiophene rings is 1. The van der Waals surface area contributed by atoms with Gasteiger partial charge in [-0.3, -0.25) is 5.84 Å². The number of halogens is 1. The van der Waals surface area contributed by atoms with Crippen molar-refractivity contribution in [3.63, 3.8) is 0 Å². The zero-order valence-electron chi connectivity index (χ0n) is 8.96. The molecule has 2 nitrogen and oxygen atoms in total. The second-order valence-electron chi connectivity index (χ2n) is 3.78. The molecule has 0 saturated heterocycles. The lowest BCUT2D eigenvalue weighted by Gasteiger charge is -2.13. The molecule has 0 aliphatic heterocycles. The summed E-state index contributed by atoms with van der Waals surface area (Å²) in [6.45, 7) is 5.79. The maximum Gasteiger partial charge on any atom is 0.124 e. The van der Waals surface area contributed by atoms with Crippen molar-refractivity contribution in [3.8, 4) is 0 Å². The molecule has 2 aromatic rings. The van der Waals surface area contributed by atoms with Crippen molar-refractivity contribution in [1.82, 2.24) is 5.43 Å². The van der Waals surface area contributed by atoms with Crippen LogP contribution in [0.25, 0.3) is 10.1 Å². The molecular formula is C12H13FN2S. The van der Waals surface area contributed by atoms with Crippen molar-refractivity contribution in [2.75, 3.05) is 0 Å². The molecule has 84 valence electrons. The molecule has 0 radical (unpaired) electrons. The fraction of sp³-hybridized carbons (Fsp3) is 0.167. The molecule has 1 aromatic carbocycles. The summed E-state index contributed by atoms with van der Waals surface area (Å²) in [5.74, 6) is 5.26. The molecule has 0 amide bonds. The summed E-state index contributed by atoms with van der Waals surface area (Å²) in [5, 5.41) is 1.03. The molecule has 3 N–H and O–H groups in total. The van der Waals surface area contributed by atoms with Gasteiger partial charge in [0.25, 0.3) is 0 Å². The molecule has 4 heteroatoms.